The summed E-state index contributed by atoms with van der Waals surface area (Å²) in [6.45, 7) is 1.38. The van der Waals surface area contributed by atoms with Gasteiger partial charge in [0.05, 0.1) is 27.7 Å². The minimum Gasteiger partial charge on any atom is -1.00 e. The van der Waals surface area contributed by atoms with Gasteiger partial charge in [-0.2, -0.15) is 0 Å². The molecular formula is C14H30FeIN. The number of rotatable bonds is 2. The molecule has 0 unspecified atom stereocenters. The maximum absolute atomic E-state index is 2.29. The average Bonchev–Trinajstić information content (AvgIpc) is 2.71. The van der Waals surface area contributed by atoms with Crippen molar-refractivity contribution in [3.63, 3.8) is 0 Å². The molecule has 0 atom stereocenters. The minimum atomic E-state index is 0. The molecule has 0 amide bonds. The summed E-state index contributed by atoms with van der Waals surface area (Å²) in [7, 11) is 6.87. The Balaban J connectivity index is 0. The van der Waals surface area contributed by atoms with Gasteiger partial charge < -0.3 is 28.5 Å². The van der Waals surface area contributed by atoms with E-state index in [1.54, 1.807) is 0 Å². The molecular weight excluding hydrogens is 365 g/mol. The van der Waals surface area contributed by atoms with E-state index >= 15 is 0 Å². The van der Waals surface area contributed by atoms with Gasteiger partial charge in [-0.05, 0) is 12.8 Å². The van der Waals surface area contributed by atoms with E-state index in [1.807, 2.05) is 0 Å². The van der Waals surface area contributed by atoms with Crippen LogP contribution in [-0.2, 0) is 17.1 Å². The Kier molecular flexibility index (Phi) is 13.4. The first kappa shape index (κ1) is 20.5. The van der Waals surface area contributed by atoms with Crippen LogP contribution in [0.25, 0.3) is 0 Å². The summed E-state index contributed by atoms with van der Waals surface area (Å²) >= 11 is 0. The summed E-state index contributed by atoms with van der Waals surface area (Å²) in [6.07, 6.45) is 13.4. The zero-order valence-corrected chi connectivity index (χ0v) is 15.1. The Morgan fingerprint density at radius 3 is 1.41 bits per heavy atom. The fourth-order valence-corrected chi connectivity index (χ4v) is 2.85. The fourth-order valence-electron chi connectivity index (χ4n) is 2.85. The molecule has 0 heterocycles. The van der Waals surface area contributed by atoms with Gasteiger partial charge in [0.25, 0.3) is 0 Å². The number of hydrogen-bond donors (Lipinski definition) is 0. The summed E-state index contributed by atoms with van der Waals surface area (Å²) in [5.41, 5.74) is 0. The first-order valence-electron chi connectivity index (χ1n) is 6.88. The summed E-state index contributed by atoms with van der Waals surface area (Å²) in [4.78, 5) is 0. The van der Waals surface area contributed by atoms with Crippen molar-refractivity contribution in [2.75, 3.05) is 27.7 Å². The monoisotopic (exact) mass is 395 g/mol. The first-order chi connectivity index (χ1) is 7.08. The van der Waals surface area contributed by atoms with Crippen LogP contribution >= 0.6 is 0 Å². The van der Waals surface area contributed by atoms with E-state index in [1.165, 1.54) is 64.3 Å². The van der Waals surface area contributed by atoms with Gasteiger partial charge in [0.1, 0.15) is 0 Å². The molecule has 17 heavy (non-hydrogen) atoms. The van der Waals surface area contributed by atoms with Crippen molar-refractivity contribution >= 4 is 0 Å². The average molecular weight is 395 g/mol. The number of halogens is 1. The Bertz CT molecular complexity index is 150. The van der Waals surface area contributed by atoms with Crippen LogP contribution in [-0.4, -0.2) is 32.2 Å². The van der Waals surface area contributed by atoms with Crippen LogP contribution in [0.3, 0.4) is 0 Å². The summed E-state index contributed by atoms with van der Waals surface area (Å²) in [5, 5.41) is 0. The zero-order chi connectivity index (χ0) is 11.1. The van der Waals surface area contributed by atoms with Crippen LogP contribution < -0.4 is 24.0 Å². The molecule has 2 aliphatic rings. The molecule has 2 aliphatic carbocycles. The molecule has 2 saturated carbocycles. The molecule has 0 aliphatic heterocycles. The molecule has 0 aromatic rings. The number of hydrogen-bond acceptors (Lipinski definition) is 0. The van der Waals surface area contributed by atoms with Crippen molar-refractivity contribution in [2.45, 2.75) is 57.8 Å². The normalized spacial score (nSPS) is 19.9. The van der Waals surface area contributed by atoms with Gasteiger partial charge in [0.15, 0.2) is 0 Å². The van der Waals surface area contributed by atoms with Gasteiger partial charge >= 0.3 is 0 Å². The molecule has 0 bridgehead atoms. The second kappa shape index (κ2) is 11.1. The molecule has 0 radical (unpaired) electrons. The summed E-state index contributed by atoms with van der Waals surface area (Å²) in [6, 6.07) is 0. The number of quaternary nitrogens is 1. The maximum atomic E-state index is 2.29. The molecule has 0 aromatic heterocycles. The SMILES string of the molecule is C1CCCC1.C[N+](C)(C)CC1CCCC1.[Fe].[I-]. The quantitative estimate of drug-likeness (QED) is 0.370. The molecule has 0 N–H and O–H groups in total. The van der Waals surface area contributed by atoms with Crippen molar-refractivity contribution < 1.29 is 45.5 Å². The van der Waals surface area contributed by atoms with E-state index in [-0.39, 0.29) is 41.0 Å². The van der Waals surface area contributed by atoms with Crippen molar-refractivity contribution in [1.29, 1.82) is 0 Å². The van der Waals surface area contributed by atoms with Gasteiger partial charge in [0.2, 0.25) is 0 Å². The van der Waals surface area contributed by atoms with Crippen LogP contribution in [0.2, 0.25) is 0 Å². The largest absolute Gasteiger partial charge is 1.00 e. The van der Waals surface area contributed by atoms with Gasteiger partial charge in [-0.1, -0.05) is 44.9 Å². The Labute approximate surface area is 136 Å². The van der Waals surface area contributed by atoms with Crippen molar-refractivity contribution in [3.8, 4) is 0 Å². The smallest absolute Gasteiger partial charge is 0.0809 e. The van der Waals surface area contributed by atoms with E-state index in [4.69, 9.17) is 0 Å². The topological polar surface area (TPSA) is 0 Å². The first-order valence-corrected chi connectivity index (χ1v) is 6.88. The summed E-state index contributed by atoms with van der Waals surface area (Å²) in [5.74, 6) is 1.03. The van der Waals surface area contributed by atoms with Crippen molar-refractivity contribution in [1.82, 2.24) is 0 Å². The van der Waals surface area contributed by atoms with E-state index in [9.17, 15) is 0 Å². The van der Waals surface area contributed by atoms with Gasteiger partial charge in [-0.3, -0.25) is 0 Å². The third-order valence-electron chi connectivity index (χ3n) is 3.53. The molecule has 1 nitrogen and oxygen atoms in total. The van der Waals surface area contributed by atoms with Gasteiger partial charge in [0, 0.05) is 23.0 Å². The van der Waals surface area contributed by atoms with Crippen LogP contribution in [0.5, 0.6) is 0 Å². The molecule has 3 heteroatoms. The van der Waals surface area contributed by atoms with Crippen LogP contribution in [0.15, 0.2) is 0 Å². The molecule has 0 saturated heterocycles. The third-order valence-corrected chi connectivity index (χ3v) is 3.53. The predicted octanol–water partition coefficient (Wildman–Crippen LogP) is 0.835. The van der Waals surface area contributed by atoms with E-state index in [0.717, 1.165) is 10.4 Å². The number of nitrogens with zero attached hydrogens (tertiary/aromatic N) is 1. The Morgan fingerprint density at radius 1 is 0.765 bits per heavy atom. The Hall–Kier alpha value is 1.21. The van der Waals surface area contributed by atoms with Gasteiger partial charge in [-0.25, -0.2) is 0 Å². The zero-order valence-electron chi connectivity index (χ0n) is 11.8. The standard InChI is InChI=1S/C9H20N.C5H10.Fe.HI/c1-10(2,3)8-9-6-4-5-7-9;1-2-4-5-3-1;;/h9H,4-8H2,1-3H3;1-5H2;;1H/q+1;;;/p-1. The molecule has 0 spiro atoms. The molecule has 2 fully saturated rings. The fraction of sp³-hybridized carbons (Fsp3) is 1.00. The Morgan fingerprint density at radius 2 is 1.12 bits per heavy atom. The van der Waals surface area contributed by atoms with E-state index in [0.29, 0.717) is 0 Å². The molecule has 106 valence electrons. The second-order valence-corrected chi connectivity index (χ2v) is 6.39. The predicted molar refractivity (Wildman–Crippen MR) is 67.9 cm³/mol. The second-order valence-electron chi connectivity index (χ2n) is 6.39. The van der Waals surface area contributed by atoms with Crippen LogP contribution in [0.4, 0.5) is 0 Å². The third kappa shape index (κ3) is 12.0. The van der Waals surface area contributed by atoms with E-state index < -0.39 is 0 Å². The van der Waals surface area contributed by atoms with Crippen LogP contribution in [0.1, 0.15) is 57.8 Å². The minimum absolute atomic E-state index is 0. The van der Waals surface area contributed by atoms with Crippen molar-refractivity contribution in [2.24, 2.45) is 5.92 Å². The van der Waals surface area contributed by atoms with Crippen molar-refractivity contribution in [3.05, 3.63) is 0 Å². The van der Waals surface area contributed by atoms with E-state index in [2.05, 4.69) is 21.1 Å². The van der Waals surface area contributed by atoms with Gasteiger partial charge in [-0.15, -0.1) is 0 Å². The molecule has 0 aromatic carbocycles. The summed E-state index contributed by atoms with van der Waals surface area (Å²) < 4.78 is 1.14. The maximum Gasteiger partial charge on any atom is 0.0809 e. The van der Waals surface area contributed by atoms with Crippen LogP contribution in [0, 0.1) is 5.92 Å². The molecule has 2 rings (SSSR count).